The Labute approximate surface area is 127 Å². The number of aliphatic hydroxyl groups excluding tert-OH is 1. The van der Waals surface area contributed by atoms with Crippen LogP contribution in [0.3, 0.4) is 0 Å². The van der Waals surface area contributed by atoms with E-state index in [1.54, 1.807) is 28.9 Å². The molecule has 0 fully saturated rings. The quantitative estimate of drug-likeness (QED) is 0.775. The van der Waals surface area contributed by atoms with Crippen molar-refractivity contribution in [2.75, 3.05) is 0 Å². The number of phenols is 1. The first-order valence-corrected chi connectivity index (χ1v) is 6.86. The molecule has 1 heterocycles. The maximum atomic E-state index is 9.43. The third-order valence-corrected chi connectivity index (χ3v) is 3.26. The Bertz CT molecular complexity index is 777. The standard InChI is InChI=1S/C17H15N3O2/c21-12-16-17(11-6-13-4-2-1-3-5-13)20(19-18-16)14-7-9-15(22)10-8-14/h1-11,21-22H,12H2/b11-6+. The molecule has 0 unspecified atom stereocenters. The zero-order chi connectivity index (χ0) is 15.4. The maximum Gasteiger partial charge on any atom is 0.116 e. The van der Waals surface area contributed by atoms with Crippen LogP contribution in [0.5, 0.6) is 5.75 Å². The molecule has 0 atom stereocenters. The van der Waals surface area contributed by atoms with E-state index in [4.69, 9.17) is 0 Å². The Morgan fingerprint density at radius 3 is 2.36 bits per heavy atom. The number of hydrogen-bond acceptors (Lipinski definition) is 4. The summed E-state index contributed by atoms with van der Waals surface area (Å²) in [5.41, 5.74) is 3.01. The summed E-state index contributed by atoms with van der Waals surface area (Å²) in [6.45, 7) is -0.188. The average Bonchev–Trinajstić information content (AvgIpc) is 2.97. The molecule has 0 bridgehead atoms. The lowest BCUT2D eigenvalue weighted by atomic mass is 10.2. The number of aromatic nitrogens is 3. The zero-order valence-electron chi connectivity index (χ0n) is 11.8. The fourth-order valence-electron chi connectivity index (χ4n) is 2.12. The van der Waals surface area contributed by atoms with Gasteiger partial charge in [-0.15, -0.1) is 5.10 Å². The summed E-state index contributed by atoms with van der Waals surface area (Å²) < 4.78 is 1.63. The lowest BCUT2D eigenvalue weighted by molar-refractivity contribution is 0.276. The predicted octanol–water partition coefficient (Wildman–Crippen LogP) is 2.64. The van der Waals surface area contributed by atoms with Crippen molar-refractivity contribution >= 4 is 12.2 Å². The topological polar surface area (TPSA) is 71.2 Å². The summed E-state index contributed by atoms with van der Waals surface area (Å²) in [4.78, 5) is 0. The predicted molar refractivity (Wildman–Crippen MR) is 84.3 cm³/mol. The molecule has 0 amide bonds. The van der Waals surface area contributed by atoms with Crippen molar-refractivity contribution in [3.63, 3.8) is 0 Å². The number of phenolic OH excluding ortho intramolecular Hbond substituents is 1. The lowest BCUT2D eigenvalue weighted by Gasteiger charge is -2.04. The van der Waals surface area contributed by atoms with Gasteiger partial charge >= 0.3 is 0 Å². The number of aromatic hydroxyl groups is 1. The molecule has 0 spiro atoms. The third-order valence-electron chi connectivity index (χ3n) is 3.26. The van der Waals surface area contributed by atoms with Crippen LogP contribution >= 0.6 is 0 Å². The minimum absolute atomic E-state index is 0.188. The molecule has 0 saturated heterocycles. The maximum absolute atomic E-state index is 9.43. The zero-order valence-corrected chi connectivity index (χ0v) is 11.8. The first kappa shape index (κ1) is 14.0. The van der Waals surface area contributed by atoms with Gasteiger partial charge in [0.1, 0.15) is 11.4 Å². The van der Waals surface area contributed by atoms with Gasteiger partial charge in [-0.1, -0.05) is 41.6 Å². The highest BCUT2D eigenvalue weighted by molar-refractivity contribution is 5.69. The fourth-order valence-corrected chi connectivity index (χ4v) is 2.12. The molecule has 1 aromatic heterocycles. The molecule has 5 heteroatoms. The first-order valence-electron chi connectivity index (χ1n) is 6.86. The van der Waals surface area contributed by atoms with Crippen LogP contribution in [0.1, 0.15) is 17.0 Å². The van der Waals surface area contributed by atoms with E-state index < -0.39 is 0 Å². The van der Waals surface area contributed by atoms with Gasteiger partial charge in [0, 0.05) is 0 Å². The summed E-state index contributed by atoms with van der Waals surface area (Å²) in [6.07, 6.45) is 3.81. The van der Waals surface area contributed by atoms with E-state index in [1.807, 2.05) is 42.5 Å². The van der Waals surface area contributed by atoms with Crippen molar-refractivity contribution in [3.8, 4) is 11.4 Å². The Hall–Kier alpha value is -2.92. The van der Waals surface area contributed by atoms with E-state index in [0.717, 1.165) is 11.3 Å². The molecule has 0 aliphatic heterocycles. The van der Waals surface area contributed by atoms with Crippen LogP contribution in [0.2, 0.25) is 0 Å². The van der Waals surface area contributed by atoms with Crippen molar-refractivity contribution < 1.29 is 10.2 Å². The summed E-state index contributed by atoms with van der Waals surface area (Å²) >= 11 is 0. The van der Waals surface area contributed by atoms with E-state index in [9.17, 15) is 10.2 Å². The van der Waals surface area contributed by atoms with Gasteiger partial charge in [0.15, 0.2) is 0 Å². The number of benzene rings is 2. The molecular formula is C17H15N3O2. The van der Waals surface area contributed by atoms with Crippen molar-refractivity contribution in [1.29, 1.82) is 0 Å². The van der Waals surface area contributed by atoms with Gasteiger partial charge in [-0.2, -0.15) is 0 Å². The van der Waals surface area contributed by atoms with Crippen molar-refractivity contribution in [1.82, 2.24) is 15.0 Å². The van der Waals surface area contributed by atoms with Gasteiger partial charge in [-0.3, -0.25) is 0 Å². The Balaban J connectivity index is 2.00. The second-order valence-electron chi connectivity index (χ2n) is 4.75. The Morgan fingerprint density at radius 2 is 1.68 bits per heavy atom. The molecule has 5 nitrogen and oxygen atoms in total. The SMILES string of the molecule is OCc1nnn(-c2ccc(O)cc2)c1/C=C/c1ccccc1. The van der Waals surface area contributed by atoms with Crippen molar-refractivity contribution in [2.24, 2.45) is 0 Å². The molecule has 2 aromatic carbocycles. The average molecular weight is 293 g/mol. The number of hydrogen-bond donors (Lipinski definition) is 2. The molecule has 0 radical (unpaired) electrons. The Kier molecular flexibility index (Phi) is 3.98. The number of aliphatic hydroxyl groups is 1. The van der Waals surface area contributed by atoms with E-state index in [1.165, 1.54) is 0 Å². The van der Waals surface area contributed by atoms with Crippen molar-refractivity contribution in [3.05, 3.63) is 71.5 Å². The van der Waals surface area contributed by atoms with Crippen LogP contribution in [0, 0.1) is 0 Å². The summed E-state index contributed by atoms with van der Waals surface area (Å²) in [5.74, 6) is 0.188. The summed E-state index contributed by atoms with van der Waals surface area (Å²) in [5, 5.41) is 26.9. The van der Waals surface area contributed by atoms with Crippen LogP contribution in [-0.2, 0) is 6.61 Å². The molecule has 0 aliphatic carbocycles. The second kappa shape index (κ2) is 6.24. The van der Waals surface area contributed by atoms with Crippen LogP contribution in [0.15, 0.2) is 54.6 Å². The largest absolute Gasteiger partial charge is 0.508 e. The Morgan fingerprint density at radius 1 is 0.955 bits per heavy atom. The van der Waals surface area contributed by atoms with Gasteiger partial charge in [-0.05, 0) is 35.9 Å². The highest BCUT2D eigenvalue weighted by Gasteiger charge is 2.11. The van der Waals surface area contributed by atoms with E-state index in [2.05, 4.69) is 10.3 Å². The fraction of sp³-hybridized carbons (Fsp3) is 0.0588. The normalized spacial score (nSPS) is 11.1. The molecule has 3 aromatic rings. The molecule has 2 N–H and O–H groups in total. The number of rotatable bonds is 4. The molecule has 3 rings (SSSR count). The van der Waals surface area contributed by atoms with Crippen LogP contribution in [0.25, 0.3) is 17.8 Å². The summed E-state index contributed by atoms with van der Waals surface area (Å²) in [6, 6.07) is 16.5. The minimum atomic E-state index is -0.188. The third kappa shape index (κ3) is 2.89. The van der Waals surface area contributed by atoms with Gasteiger partial charge < -0.3 is 10.2 Å². The molecule has 110 valence electrons. The van der Waals surface area contributed by atoms with Gasteiger partial charge in [0.2, 0.25) is 0 Å². The van der Waals surface area contributed by atoms with Crippen molar-refractivity contribution in [2.45, 2.75) is 6.61 Å². The molecule has 0 aliphatic rings. The minimum Gasteiger partial charge on any atom is -0.508 e. The second-order valence-corrected chi connectivity index (χ2v) is 4.75. The van der Waals surface area contributed by atoms with Gasteiger partial charge in [0.05, 0.1) is 18.0 Å². The first-order chi connectivity index (χ1) is 10.8. The monoisotopic (exact) mass is 293 g/mol. The lowest BCUT2D eigenvalue weighted by Crippen LogP contribution is -1.99. The van der Waals surface area contributed by atoms with Gasteiger partial charge in [-0.25, -0.2) is 4.68 Å². The smallest absolute Gasteiger partial charge is 0.116 e. The highest BCUT2D eigenvalue weighted by atomic mass is 16.3. The number of nitrogens with zero attached hydrogens (tertiary/aromatic N) is 3. The summed E-state index contributed by atoms with van der Waals surface area (Å²) in [7, 11) is 0. The molecule has 0 saturated carbocycles. The molecular weight excluding hydrogens is 278 g/mol. The molecule has 22 heavy (non-hydrogen) atoms. The van der Waals surface area contributed by atoms with Crippen LogP contribution in [0.4, 0.5) is 0 Å². The van der Waals surface area contributed by atoms with Crippen LogP contribution in [-0.4, -0.2) is 25.2 Å². The highest BCUT2D eigenvalue weighted by Crippen LogP contribution is 2.18. The van der Waals surface area contributed by atoms with E-state index >= 15 is 0 Å². The van der Waals surface area contributed by atoms with Crippen LogP contribution < -0.4 is 0 Å². The van der Waals surface area contributed by atoms with E-state index in [0.29, 0.717) is 11.4 Å². The van der Waals surface area contributed by atoms with Gasteiger partial charge in [0.25, 0.3) is 0 Å². The van der Waals surface area contributed by atoms with E-state index in [-0.39, 0.29) is 12.4 Å².